The second-order valence-electron chi connectivity index (χ2n) is 3.96. The molecule has 102 valence electrons. The number of alkyl halides is 1. The number of rotatable bonds is 5. The van der Waals surface area contributed by atoms with Crippen LogP contribution < -0.4 is 4.74 Å². The van der Waals surface area contributed by atoms with E-state index in [1.165, 1.54) is 24.3 Å². The minimum Gasteiger partial charge on any atom is -0.457 e. The molecule has 0 saturated carbocycles. The lowest BCUT2D eigenvalue weighted by Gasteiger charge is -2.07. The third-order valence-electron chi connectivity index (χ3n) is 2.60. The Morgan fingerprint density at radius 2 is 1.55 bits per heavy atom. The van der Waals surface area contributed by atoms with Gasteiger partial charge in [-0.15, -0.1) is 0 Å². The zero-order valence-electron chi connectivity index (χ0n) is 10.2. The van der Waals surface area contributed by atoms with Gasteiger partial charge in [-0.25, -0.2) is 0 Å². The molecule has 2 aromatic rings. The maximum atomic E-state index is 10.6. The highest BCUT2D eigenvalue weighted by molar-refractivity contribution is 9.09. The third-order valence-corrected chi connectivity index (χ3v) is 3.35. The fourth-order valence-corrected chi connectivity index (χ4v) is 1.88. The summed E-state index contributed by atoms with van der Waals surface area (Å²) >= 11 is 3.23. The first-order valence-electron chi connectivity index (χ1n) is 5.72. The predicted octanol–water partition coefficient (Wildman–Crippen LogP) is 4.02. The number of hydrogen-bond donors (Lipinski definition) is 0. The van der Waals surface area contributed by atoms with E-state index in [2.05, 4.69) is 15.9 Å². The molecule has 0 N–H and O–H groups in total. The van der Waals surface area contributed by atoms with Gasteiger partial charge in [0.05, 0.1) is 9.75 Å². The van der Waals surface area contributed by atoms with Gasteiger partial charge in [0.15, 0.2) is 0 Å². The van der Waals surface area contributed by atoms with Gasteiger partial charge < -0.3 is 9.53 Å². The maximum absolute atomic E-state index is 10.6. The molecule has 0 aliphatic carbocycles. The van der Waals surface area contributed by atoms with Crippen molar-refractivity contribution in [2.75, 3.05) is 0 Å². The minimum absolute atomic E-state index is 0.0146. The topological polar surface area (TPSA) is 69.4 Å². The van der Waals surface area contributed by atoms with Crippen molar-refractivity contribution < 1.29 is 14.5 Å². The molecule has 0 fully saturated rings. The van der Waals surface area contributed by atoms with E-state index in [0.717, 1.165) is 11.8 Å². The van der Waals surface area contributed by atoms with Crippen LogP contribution in [0.4, 0.5) is 5.69 Å². The normalized spacial score (nSPS) is 11.7. The van der Waals surface area contributed by atoms with Gasteiger partial charge in [0.25, 0.3) is 5.69 Å². The first-order chi connectivity index (χ1) is 9.60. The Balaban J connectivity index is 2.09. The molecule has 0 radical (unpaired) electrons. The fraction of sp³-hybridized carbons (Fsp3) is 0.0714. The van der Waals surface area contributed by atoms with Gasteiger partial charge in [0.2, 0.25) is 0 Å². The van der Waals surface area contributed by atoms with E-state index in [9.17, 15) is 14.9 Å². The number of ether oxygens (including phenoxy) is 1. The largest absolute Gasteiger partial charge is 0.457 e. The Hall–Kier alpha value is -2.21. The van der Waals surface area contributed by atoms with Crippen molar-refractivity contribution in [3.05, 3.63) is 64.2 Å². The Labute approximate surface area is 123 Å². The van der Waals surface area contributed by atoms with E-state index in [4.69, 9.17) is 4.74 Å². The smallest absolute Gasteiger partial charge is 0.269 e. The molecule has 5 nitrogen and oxygen atoms in total. The van der Waals surface area contributed by atoms with E-state index in [1.54, 1.807) is 24.3 Å². The van der Waals surface area contributed by atoms with Crippen LogP contribution in [0.1, 0.15) is 10.4 Å². The number of halogens is 1. The lowest BCUT2D eigenvalue weighted by molar-refractivity contribution is -0.384. The summed E-state index contributed by atoms with van der Waals surface area (Å²) in [6, 6.07) is 12.8. The number of carbonyl (C=O) groups is 1. The molecule has 0 aromatic heterocycles. The first kappa shape index (κ1) is 14.2. The fourth-order valence-electron chi connectivity index (χ4n) is 1.57. The number of nitro benzene ring substituents is 1. The molecule has 2 aromatic carbocycles. The van der Waals surface area contributed by atoms with Crippen LogP contribution in [0.25, 0.3) is 0 Å². The number of nitro groups is 1. The van der Waals surface area contributed by atoms with E-state index >= 15 is 0 Å². The molecule has 20 heavy (non-hydrogen) atoms. The van der Waals surface area contributed by atoms with Crippen LogP contribution in [-0.2, 0) is 4.79 Å². The summed E-state index contributed by atoms with van der Waals surface area (Å²) in [5, 5.41) is 10.5. The van der Waals surface area contributed by atoms with Crippen LogP contribution >= 0.6 is 15.9 Å². The standard InChI is InChI=1S/C14H10BrNO4/c15-14(9-17)10-1-5-12(6-2-10)20-13-7-3-11(4-8-13)16(18)19/h1-9,14H. The van der Waals surface area contributed by atoms with Crippen molar-refractivity contribution in [2.45, 2.75) is 4.83 Å². The van der Waals surface area contributed by atoms with Crippen LogP contribution in [-0.4, -0.2) is 11.2 Å². The second kappa shape index (κ2) is 6.29. The molecule has 0 amide bonds. The molecule has 6 heteroatoms. The minimum atomic E-state index is -0.464. The van der Waals surface area contributed by atoms with Gasteiger partial charge in [-0.3, -0.25) is 10.1 Å². The number of non-ortho nitro benzene ring substituents is 1. The summed E-state index contributed by atoms with van der Waals surface area (Å²) < 4.78 is 5.56. The Bertz CT molecular complexity index is 610. The molecule has 0 spiro atoms. The predicted molar refractivity (Wildman–Crippen MR) is 77.3 cm³/mol. The molecule has 0 aliphatic rings. The van der Waals surface area contributed by atoms with E-state index in [-0.39, 0.29) is 10.5 Å². The van der Waals surface area contributed by atoms with Crippen LogP contribution in [0.2, 0.25) is 0 Å². The lowest BCUT2D eigenvalue weighted by Crippen LogP contribution is -1.91. The SMILES string of the molecule is O=CC(Br)c1ccc(Oc2ccc([N+](=O)[O-])cc2)cc1. The summed E-state index contributed by atoms with van der Waals surface area (Å²) in [7, 11) is 0. The number of carbonyl (C=O) groups excluding carboxylic acids is 1. The van der Waals surface area contributed by atoms with Gasteiger partial charge in [-0.2, -0.15) is 0 Å². The van der Waals surface area contributed by atoms with Crippen molar-refractivity contribution in [3.8, 4) is 11.5 Å². The monoisotopic (exact) mass is 335 g/mol. The molecule has 0 bridgehead atoms. The van der Waals surface area contributed by atoms with Crippen LogP contribution in [0.15, 0.2) is 48.5 Å². The molecule has 1 unspecified atom stereocenters. The molecular formula is C14H10BrNO4. The van der Waals surface area contributed by atoms with E-state index < -0.39 is 4.92 Å². The molecule has 0 saturated heterocycles. The first-order valence-corrected chi connectivity index (χ1v) is 6.63. The van der Waals surface area contributed by atoms with E-state index in [1.807, 2.05) is 0 Å². The Morgan fingerprint density at radius 1 is 1.05 bits per heavy atom. The van der Waals surface area contributed by atoms with Crippen molar-refractivity contribution in [1.82, 2.24) is 0 Å². The number of aldehydes is 1. The number of nitrogens with zero attached hydrogens (tertiary/aromatic N) is 1. The third kappa shape index (κ3) is 3.42. The van der Waals surface area contributed by atoms with Gasteiger partial charge >= 0.3 is 0 Å². The highest BCUT2D eigenvalue weighted by Crippen LogP contribution is 2.26. The van der Waals surface area contributed by atoms with Gasteiger partial charge in [-0.1, -0.05) is 28.1 Å². The van der Waals surface area contributed by atoms with Crippen LogP contribution in [0.5, 0.6) is 11.5 Å². The number of hydrogen-bond acceptors (Lipinski definition) is 4. The zero-order chi connectivity index (χ0) is 14.5. The zero-order valence-corrected chi connectivity index (χ0v) is 11.8. The highest BCUT2D eigenvalue weighted by Gasteiger charge is 2.07. The van der Waals surface area contributed by atoms with Gasteiger partial charge in [0, 0.05) is 12.1 Å². The quantitative estimate of drug-likeness (QED) is 0.358. The number of benzene rings is 2. The van der Waals surface area contributed by atoms with Gasteiger partial charge in [0.1, 0.15) is 17.8 Å². The van der Waals surface area contributed by atoms with E-state index in [0.29, 0.717) is 11.5 Å². The van der Waals surface area contributed by atoms with Gasteiger partial charge in [-0.05, 0) is 29.8 Å². The van der Waals surface area contributed by atoms with Crippen LogP contribution in [0.3, 0.4) is 0 Å². The maximum Gasteiger partial charge on any atom is 0.269 e. The molecule has 2 rings (SSSR count). The van der Waals surface area contributed by atoms with Crippen molar-refractivity contribution in [1.29, 1.82) is 0 Å². The summed E-state index contributed by atoms with van der Waals surface area (Å²) in [6.45, 7) is 0. The van der Waals surface area contributed by atoms with Crippen LogP contribution in [0, 0.1) is 10.1 Å². The average Bonchev–Trinajstić information content (AvgIpc) is 2.48. The van der Waals surface area contributed by atoms with Crippen molar-refractivity contribution in [3.63, 3.8) is 0 Å². The summed E-state index contributed by atoms with van der Waals surface area (Å²) in [6.07, 6.45) is 0.798. The summed E-state index contributed by atoms with van der Waals surface area (Å²) in [5.41, 5.74) is 0.844. The van der Waals surface area contributed by atoms with Crippen molar-refractivity contribution in [2.24, 2.45) is 0 Å². The van der Waals surface area contributed by atoms with Crippen molar-refractivity contribution >= 4 is 27.9 Å². The Kier molecular flexibility index (Phi) is 4.47. The second-order valence-corrected chi connectivity index (χ2v) is 4.95. The summed E-state index contributed by atoms with van der Waals surface area (Å²) in [5.74, 6) is 1.10. The molecule has 0 heterocycles. The molecule has 1 atom stereocenters. The molecular weight excluding hydrogens is 326 g/mol. The average molecular weight is 336 g/mol. The summed E-state index contributed by atoms with van der Waals surface area (Å²) in [4.78, 5) is 20.4. The Morgan fingerprint density at radius 3 is 2.00 bits per heavy atom. The highest BCUT2D eigenvalue weighted by atomic mass is 79.9. The molecule has 0 aliphatic heterocycles. The lowest BCUT2D eigenvalue weighted by atomic mass is 10.1.